The van der Waals surface area contributed by atoms with Gasteiger partial charge in [-0.3, -0.25) is 0 Å². The van der Waals surface area contributed by atoms with Gasteiger partial charge in [0.25, 0.3) is 0 Å². The van der Waals surface area contributed by atoms with Gasteiger partial charge in [0.05, 0.1) is 13.2 Å². The third-order valence-electron chi connectivity index (χ3n) is 2.71. The van der Waals surface area contributed by atoms with Crippen molar-refractivity contribution in [2.24, 2.45) is 5.92 Å². The summed E-state index contributed by atoms with van der Waals surface area (Å²) in [6, 6.07) is 0. The van der Waals surface area contributed by atoms with Crippen LogP contribution in [0.4, 0.5) is 0 Å². The van der Waals surface area contributed by atoms with E-state index >= 15 is 0 Å². The maximum atomic E-state index is 10.9. The van der Waals surface area contributed by atoms with Crippen molar-refractivity contribution in [2.45, 2.75) is 38.2 Å². The Morgan fingerprint density at radius 2 is 2.00 bits per heavy atom. The molecular formula is C10H18O4. The van der Waals surface area contributed by atoms with E-state index in [1.165, 1.54) is 6.42 Å². The zero-order valence-electron chi connectivity index (χ0n) is 8.32. The molecular weight excluding hydrogens is 184 g/mol. The van der Waals surface area contributed by atoms with E-state index in [0.717, 1.165) is 25.7 Å². The fraction of sp³-hybridized carbons (Fsp3) is 0.900. The average molecular weight is 202 g/mol. The molecule has 0 aromatic carbocycles. The van der Waals surface area contributed by atoms with Gasteiger partial charge < -0.3 is 14.9 Å². The number of aliphatic hydroxyl groups is 1. The fourth-order valence-electron chi connectivity index (χ4n) is 2.03. The number of ether oxygens (including phenoxy) is 1. The lowest BCUT2D eigenvalue weighted by Crippen LogP contribution is -2.34. The molecule has 0 spiro atoms. The summed E-state index contributed by atoms with van der Waals surface area (Å²) in [5.41, 5.74) is 0. The Morgan fingerprint density at radius 1 is 1.36 bits per heavy atom. The van der Waals surface area contributed by atoms with Crippen LogP contribution in [0.15, 0.2) is 0 Å². The zero-order valence-corrected chi connectivity index (χ0v) is 8.32. The molecule has 0 aromatic heterocycles. The van der Waals surface area contributed by atoms with Crippen LogP contribution in [-0.2, 0) is 9.53 Å². The van der Waals surface area contributed by atoms with Gasteiger partial charge in [0.2, 0.25) is 0 Å². The molecule has 1 aliphatic rings. The van der Waals surface area contributed by atoms with E-state index < -0.39 is 12.1 Å². The van der Waals surface area contributed by atoms with Crippen LogP contribution in [-0.4, -0.2) is 35.5 Å². The molecule has 1 saturated carbocycles. The maximum Gasteiger partial charge on any atom is 0.333 e. The van der Waals surface area contributed by atoms with Crippen LogP contribution in [0.2, 0.25) is 0 Å². The zero-order chi connectivity index (χ0) is 10.4. The summed E-state index contributed by atoms with van der Waals surface area (Å²) in [4.78, 5) is 10.9. The highest BCUT2D eigenvalue weighted by Crippen LogP contribution is 2.28. The number of aliphatic hydroxyl groups excluding tert-OH is 1. The lowest BCUT2D eigenvalue weighted by Gasteiger charge is -2.27. The number of carbonyl (C=O) groups is 1. The Balaban J connectivity index is 2.43. The first-order valence-electron chi connectivity index (χ1n) is 5.21. The minimum atomic E-state index is -0.898. The normalized spacial score (nSPS) is 20.6. The molecule has 1 rings (SSSR count). The van der Waals surface area contributed by atoms with Crippen LogP contribution in [0.5, 0.6) is 0 Å². The van der Waals surface area contributed by atoms with E-state index in [1.807, 2.05) is 0 Å². The maximum absolute atomic E-state index is 10.9. The van der Waals surface area contributed by atoms with E-state index in [0.29, 0.717) is 0 Å². The Morgan fingerprint density at radius 3 is 2.50 bits per heavy atom. The Labute approximate surface area is 83.9 Å². The van der Waals surface area contributed by atoms with Crippen molar-refractivity contribution in [3.8, 4) is 0 Å². The van der Waals surface area contributed by atoms with Crippen LogP contribution in [0.25, 0.3) is 0 Å². The third kappa shape index (κ3) is 3.27. The molecule has 82 valence electrons. The molecule has 2 N–H and O–H groups in total. The molecule has 4 heteroatoms. The van der Waals surface area contributed by atoms with Crippen molar-refractivity contribution in [1.82, 2.24) is 0 Å². The number of carboxylic acid groups (broad SMARTS) is 1. The highest BCUT2D eigenvalue weighted by molar-refractivity contribution is 5.72. The summed E-state index contributed by atoms with van der Waals surface area (Å²) in [7, 11) is 0. The number of hydrogen-bond acceptors (Lipinski definition) is 3. The molecule has 0 aliphatic heterocycles. The van der Waals surface area contributed by atoms with Crippen LogP contribution >= 0.6 is 0 Å². The minimum Gasteiger partial charge on any atom is -0.479 e. The summed E-state index contributed by atoms with van der Waals surface area (Å²) < 4.78 is 5.14. The van der Waals surface area contributed by atoms with E-state index in [9.17, 15) is 4.79 Å². The van der Waals surface area contributed by atoms with Gasteiger partial charge in [0.15, 0.2) is 6.10 Å². The lowest BCUT2D eigenvalue weighted by molar-refractivity contribution is -0.156. The smallest absolute Gasteiger partial charge is 0.333 e. The number of aliphatic carboxylic acids is 1. The summed E-state index contributed by atoms with van der Waals surface area (Å²) >= 11 is 0. The van der Waals surface area contributed by atoms with Crippen LogP contribution in [0.1, 0.15) is 32.1 Å². The summed E-state index contributed by atoms with van der Waals surface area (Å²) in [5.74, 6) is -0.766. The largest absolute Gasteiger partial charge is 0.479 e. The number of rotatable bonds is 5. The van der Waals surface area contributed by atoms with Gasteiger partial charge in [-0.05, 0) is 18.8 Å². The minimum absolute atomic E-state index is 0.115. The van der Waals surface area contributed by atoms with Crippen molar-refractivity contribution in [3.05, 3.63) is 0 Å². The molecule has 14 heavy (non-hydrogen) atoms. The molecule has 0 amide bonds. The molecule has 0 saturated heterocycles. The molecule has 4 nitrogen and oxygen atoms in total. The SMILES string of the molecule is O=C(O)C(OCCO)C1CCCCC1. The van der Waals surface area contributed by atoms with Gasteiger partial charge in [-0.2, -0.15) is 0 Å². The first kappa shape index (κ1) is 11.5. The van der Waals surface area contributed by atoms with Crippen LogP contribution in [0.3, 0.4) is 0 Å². The standard InChI is InChI=1S/C10H18O4/c11-6-7-14-9(10(12)13)8-4-2-1-3-5-8/h8-9,11H,1-7H2,(H,12,13). The predicted molar refractivity (Wildman–Crippen MR) is 51.0 cm³/mol. The molecule has 1 aliphatic carbocycles. The van der Waals surface area contributed by atoms with Crippen molar-refractivity contribution < 1.29 is 19.7 Å². The number of carboxylic acids is 1. The number of hydrogen-bond donors (Lipinski definition) is 2. The first-order valence-corrected chi connectivity index (χ1v) is 5.21. The van der Waals surface area contributed by atoms with Crippen molar-refractivity contribution in [2.75, 3.05) is 13.2 Å². The predicted octanol–water partition coefficient (Wildman–Crippen LogP) is 1.03. The summed E-state index contributed by atoms with van der Waals surface area (Å²) in [6.07, 6.45) is 4.53. The summed E-state index contributed by atoms with van der Waals surface area (Å²) in [5, 5.41) is 17.5. The second-order valence-corrected chi connectivity index (χ2v) is 3.75. The molecule has 1 unspecified atom stereocenters. The van der Waals surface area contributed by atoms with Gasteiger partial charge in [0.1, 0.15) is 0 Å². The van der Waals surface area contributed by atoms with Gasteiger partial charge in [0, 0.05) is 0 Å². The second-order valence-electron chi connectivity index (χ2n) is 3.75. The van der Waals surface area contributed by atoms with E-state index in [-0.39, 0.29) is 19.1 Å². The Hall–Kier alpha value is -0.610. The Bertz CT molecular complexity index is 175. The van der Waals surface area contributed by atoms with E-state index in [1.54, 1.807) is 0 Å². The topological polar surface area (TPSA) is 66.8 Å². The quantitative estimate of drug-likeness (QED) is 0.698. The average Bonchev–Trinajstić information content (AvgIpc) is 2.19. The van der Waals surface area contributed by atoms with Crippen molar-refractivity contribution in [3.63, 3.8) is 0 Å². The van der Waals surface area contributed by atoms with Gasteiger partial charge >= 0.3 is 5.97 Å². The highest BCUT2D eigenvalue weighted by Gasteiger charge is 2.29. The second kappa shape index (κ2) is 5.98. The van der Waals surface area contributed by atoms with Crippen LogP contribution < -0.4 is 0 Å². The van der Waals surface area contributed by atoms with Gasteiger partial charge in [-0.1, -0.05) is 19.3 Å². The van der Waals surface area contributed by atoms with E-state index in [2.05, 4.69) is 0 Å². The van der Waals surface area contributed by atoms with E-state index in [4.69, 9.17) is 14.9 Å². The summed E-state index contributed by atoms with van der Waals surface area (Å²) in [6.45, 7) is 0.00394. The van der Waals surface area contributed by atoms with Gasteiger partial charge in [-0.15, -0.1) is 0 Å². The van der Waals surface area contributed by atoms with Crippen molar-refractivity contribution in [1.29, 1.82) is 0 Å². The molecule has 0 heterocycles. The first-order chi connectivity index (χ1) is 6.75. The highest BCUT2D eigenvalue weighted by atomic mass is 16.5. The molecule has 0 bridgehead atoms. The molecule has 0 aromatic rings. The lowest BCUT2D eigenvalue weighted by atomic mass is 9.85. The van der Waals surface area contributed by atoms with Crippen molar-refractivity contribution >= 4 is 5.97 Å². The molecule has 1 fully saturated rings. The van der Waals surface area contributed by atoms with Gasteiger partial charge in [-0.25, -0.2) is 4.79 Å². The molecule has 1 atom stereocenters. The Kier molecular flexibility index (Phi) is 4.90. The fourth-order valence-corrected chi connectivity index (χ4v) is 2.03. The third-order valence-corrected chi connectivity index (χ3v) is 2.71. The monoisotopic (exact) mass is 202 g/mol. The van der Waals surface area contributed by atoms with Crippen LogP contribution in [0, 0.1) is 5.92 Å². The molecule has 0 radical (unpaired) electrons.